The molecule has 1 aromatic carbocycles. The van der Waals surface area contributed by atoms with Crippen LogP contribution < -0.4 is 5.43 Å². The number of hydrogen-bond acceptors (Lipinski definition) is 4. The Morgan fingerprint density at radius 1 is 1.33 bits per heavy atom. The highest BCUT2D eigenvalue weighted by molar-refractivity contribution is 7.91. The van der Waals surface area contributed by atoms with Crippen LogP contribution in [0.15, 0.2) is 23.3 Å². The molecule has 0 spiro atoms. The van der Waals surface area contributed by atoms with Crippen LogP contribution in [0.5, 0.6) is 0 Å². The summed E-state index contributed by atoms with van der Waals surface area (Å²) >= 11 is 0. The second-order valence-corrected chi connectivity index (χ2v) is 7.10. The molecule has 0 aromatic heterocycles. The number of rotatable bonds is 3. The van der Waals surface area contributed by atoms with Gasteiger partial charge in [0.1, 0.15) is 11.6 Å². The van der Waals surface area contributed by atoms with E-state index in [4.69, 9.17) is 0 Å². The molecule has 5 nitrogen and oxygen atoms in total. The average Bonchev–Trinajstić information content (AvgIpc) is 2.76. The summed E-state index contributed by atoms with van der Waals surface area (Å²) in [5.74, 6) is -3.05. The highest BCUT2D eigenvalue weighted by Crippen LogP contribution is 2.18. The van der Waals surface area contributed by atoms with Crippen molar-refractivity contribution in [2.75, 3.05) is 11.5 Å². The molecule has 114 valence electrons. The van der Waals surface area contributed by atoms with Crippen molar-refractivity contribution in [2.24, 2.45) is 11.0 Å². The van der Waals surface area contributed by atoms with E-state index in [0.717, 1.165) is 12.1 Å². The third-order valence-electron chi connectivity index (χ3n) is 3.26. The standard InChI is InChI=1S/C13H14F2N2O3S/c1-8(12-10(14)3-2-4-11(12)15)16-17-13(18)9-5-6-21(19,20)7-9/h2-4,9H,5-7H2,1H3,(H,17,18)/b16-8-/t9-/m1/s1. The van der Waals surface area contributed by atoms with Crippen molar-refractivity contribution in [2.45, 2.75) is 13.3 Å². The zero-order valence-corrected chi connectivity index (χ0v) is 12.1. The van der Waals surface area contributed by atoms with Gasteiger partial charge in [-0.1, -0.05) is 6.07 Å². The van der Waals surface area contributed by atoms with Gasteiger partial charge in [-0.15, -0.1) is 0 Å². The van der Waals surface area contributed by atoms with E-state index >= 15 is 0 Å². The maximum Gasteiger partial charge on any atom is 0.244 e. The zero-order chi connectivity index (χ0) is 15.6. The van der Waals surface area contributed by atoms with Crippen LogP contribution in [0.3, 0.4) is 0 Å². The Bertz CT molecular complexity index is 681. The van der Waals surface area contributed by atoms with Gasteiger partial charge in [0.15, 0.2) is 9.84 Å². The van der Waals surface area contributed by atoms with Gasteiger partial charge in [-0.05, 0) is 25.5 Å². The SMILES string of the molecule is C/C(=N/NC(=O)[C@@H]1CCS(=O)(=O)C1)c1c(F)cccc1F. The lowest BCUT2D eigenvalue weighted by molar-refractivity contribution is -0.124. The highest BCUT2D eigenvalue weighted by atomic mass is 32.2. The molecule has 0 radical (unpaired) electrons. The summed E-state index contributed by atoms with van der Waals surface area (Å²) < 4.78 is 49.6. The number of sulfone groups is 1. The summed E-state index contributed by atoms with van der Waals surface area (Å²) in [4.78, 5) is 11.8. The predicted octanol–water partition coefficient (Wildman–Crippen LogP) is 1.24. The van der Waals surface area contributed by atoms with Gasteiger partial charge in [-0.3, -0.25) is 4.79 Å². The van der Waals surface area contributed by atoms with Gasteiger partial charge in [-0.2, -0.15) is 5.10 Å². The molecule has 1 N–H and O–H groups in total. The molecule has 8 heteroatoms. The number of carbonyl (C=O) groups is 1. The van der Waals surface area contributed by atoms with Crippen LogP contribution in [0.2, 0.25) is 0 Å². The lowest BCUT2D eigenvalue weighted by Crippen LogP contribution is -2.28. The Kier molecular flexibility index (Phi) is 4.36. The number of halogens is 2. The lowest BCUT2D eigenvalue weighted by Gasteiger charge is -2.07. The Labute approximate surface area is 121 Å². The first-order chi connectivity index (χ1) is 9.80. The molecule has 1 aromatic rings. The van der Waals surface area contributed by atoms with Crippen LogP contribution in [-0.2, 0) is 14.6 Å². The summed E-state index contributed by atoms with van der Waals surface area (Å²) in [6.07, 6.45) is 0.233. The molecule has 1 atom stereocenters. The third kappa shape index (κ3) is 3.63. The second kappa shape index (κ2) is 5.88. The minimum absolute atomic E-state index is 0.0280. The molecule has 21 heavy (non-hydrogen) atoms. The van der Waals surface area contributed by atoms with Crippen LogP contribution in [-0.4, -0.2) is 31.5 Å². The Hall–Kier alpha value is -1.83. The minimum atomic E-state index is -3.17. The molecular formula is C13H14F2N2O3S. The molecule has 1 heterocycles. The van der Waals surface area contributed by atoms with Crippen molar-refractivity contribution in [3.05, 3.63) is 35.4 Å². The number of amides is 1. The van der Waals surface area contributed by atoms with Crippen molar-refractivity contribution in [3.63, 3.8) is 0 Å². The fourth-order valence-electron chi connectivity index (χ4n) is 2.13. The van der Waals surface area contributed by atoms with E-state index in [9.17, 15) is 22.0 Å². The largest absolute Gasteiger partial charge is 0.273 e. The molecule has 0 saturated carbocycles. The van der Waals surface area contributed by atoms with Crippen LogP contribution in [0.4, 0.5) is 8.78 Å². The van der Waals surface area contributed by atoms with E-state index in [0.29, 0.717) is 0 Å². The summed E-state index contributed by atoms with van der Waals surface area (Å²) in [6.45, 7) is 1.35. The maximum atomic E-state index is 13.5. The van der Waals surface area contributed by atoms with Gasteiger partial charge in [-0.25, -0.2) is 22.6 Å². The molecule has 1 aliphatic rings. The fourth-order valence-corrected chi connectivity index (χ4v) is 3.87. The van der Waals surface area contributed by atoms with E-state index in [-0.39, 0.29) is 29.2 Å². The van der Waals surface area contributed by atoms with Crippen molar-refractivity contribution in [3.8, 4) is 0 Å². The number of nitrogens with zero attached hydrogens (tertiary/aromatic N) is 1. The van der Waals surface area contributed by atoms with Crippen LogP contribution >= 0.6 is 0 Å². The molecule has 2 rings (SSSR count). The monoisotopic (exact) mass is 316 g/mol. The van der Waals surface area contributed by atoms with E-state index in [1.54, 1.807) is 0 Å². The quantitative estimate of drug-likeness (QED) is 0.673. The first-order valence-electron chi connectivity index (χ1n) is 6.29. The number of hydrogen-bond donors (Lipinski definition) is 1. The molecular weight excluding hydrogens is 302 g/mol. The number of benzene rings is 1. The molecule has 0 bridgehead atoms. The predicted molar refractivity (Wildman–Crippen MR) is 73.5 cm³/mol. The van der Waals surface area contributed by atoms with Gasteiger partial charge < -0.3 is 0 Å². The van der Waals surface area contributed by atoms with Gasteiger partial charge >= 0.3 is 0 Å². The molecule has 0 unspecified atom stereocenters. The fraction of sp³-hybridized carbons (Fsp3) is 0.385. The highest BCUT2D eigenvalue weighted by Gasteiger charge is 2.32. The van der Waals surface area contributed by atoms with Crippen LogP contribution in [0.25, 0.3) is 0 Å². The molecule has 1 fully saturated rings. The van der Waals surface area contributed by atoms with Crippen molar-refractivity contribution in [1.29, 1.82) is 0 Å². The second-order valence-electron chi connectivity index (χ2n) is 4.87. The van der Waals surface area contributed by atoms with Crippen LogP contribution in [0.1, 0.15) is 18.9 Å². The van der Waals surface area contributed by atoms with E-state index < -0.39 is 33.3 Å². The van der Waals surface area contributed by atoms with E-state index in [1.165, 1.54) is 13.0 Å². The van der Waals surface area contributed by atoms with Gasteiger partial charge in [0.2, 0.25) is 5.91 Å². The van der Waals surface area contributed by atoms with E-state index in [1.807, 2.05) is 0 Å². The topological polar surface area (TPSA) is 75.6 Å². The van der Waals surface area contributed by atoms with Crippen molar-refractivity contribution >= 4 is 21.5 Å². The molecule has 1 amide bonds. The third-order valence-corrected chi connectivity index (χ3v) is 5.03. The summed E-state index contributed by atoms with van der Waals surface area (Å²) in [5.41, 5.74) is 1.82. The number of hydrazone groups is 1. The van der Waals surface area contributed by atoms with Crippen LogP contribution in [0, 0.1) is 17.6 Å². The Morgan fingerprint density at radius 3 is 2.48 bits per heavy atom. The van der Waals surface area contributed by atoms with Gasteiger partial charge in [0, 0.05) is 0 Å². The molecule has 1 saturated heterocycles. The first-order valence-corrected chi connectivity index (χ1v) is 8.11. The average molecular weight is 316 g/mol. The first kappa shape index (κ1) is 15.6. The Balaban J connectivity index is 2.09. The normalized spacial score (nSPS) is 21.3. The minimum Gasteiger partial charge on any atom is -0.273 e. The number of nitrogens with one attached hydrogen (secondary N) is 1. The smallest absolute Gasteiger partial charge is 0.244 e. The summed E-state index contributed by atoms with van der Waals surface area (Å²) in [5, 5.41) is 3.65. The Morgan fingerprint density at radius 2 is 1.95 bits per heavy atom. The lowest BCUT2D eigenvalue weighted by atomic mass is 10.1. The van der Waals surface area contributed by atoms with Gasteiger partial charge in [0.05, 0.1) is 28.7 Å². The van der Waals surface area contributed by atoms with Gasteiger partial charge in [0.25, 0.3) is 0 Å². The summed E-state index contributed by atoms with van der Waals surface area (Å²) in [7, 11) is -3.17. The van der Waals surface area contributed by atoms with E-state index in [2.05, 4.69) is 10.5 Å². The zero-order valence-electron chi connectivity index (χ0n) is 11.3. The summed E-state index contributed by atoms with van der Waals surface area (Å²) in [6, 6.07) is 3.40. The number of carbonyl (C=O) groups excluding carboxylic acids is 1. The maximum absolute atomic E-state index is 13.5. The van der Waals surface area contributed by atoms with Crippen molar-refractivity contribution in [1.82, 2.24) is 5.43 Å². The molecule has 1 aliphatic heterocycles. The van der Waals surface area contributed by atoms with Crippen molar-refractivity contribution < 1.29 is 22.0 Å². The molecule has 0 aliphatic carbocycles.